The van der Waals surface area contributed by atoms with Crippen molar-refractivity contribution in [1.29, 1.82) is 0 Å². The second kappa shape index (κ2) is 26.3. The van der Waals surface area contributed by atoms with Gasteiger partial charge in [-0.25, -0.2) is 0 Å². The first kappa shape index (κ1) is 52.0. The number of phenolic OH excluding ortho intramolecular Hbond substituents is 2. The van der Waals surface area contributed by atoms with Crippen LogP contribution in [0.25, 0.3) is 11.1 Å². The van der Waals surface area contributed by atoms with Crippen LogP contribution in [0.4, 0.5) is 0 Å². The molecule has 0 radical (unpaired) electrons. The molecule has 15 nitrogen and oxygen atoms in total. The van der Waals surface area contributed by atoms with Crippen LogP contribution in [0.5, 0.6) is 11.5 Å². The predicted molar refractivity (Wildman–Crippen MR) is 239 cm³/mol. The SMILES string of the molecule is CCCCCCCCCCCCCCCC(=O)N(C)[C@@H](CO)C(=O)N[C@H](C)C(=O)NCC(=O)N(C)[C@@H]1C(=O)C[C@H](C)C(=O)C[C@@H](C(=O)O)Cc2ccc(O)c(c2)-c2cc1ccc2O. The summed E-state index contributed by atoms with van der Waals surface area (Å²) in [6.45, 7) is 3.83. The maximum absolute atomic E-state index is 14.0. The summed E-state index contributed by atoms with van der Waals surface area (Å²) in [6.07, 6.45) is 14.6. The average molecular weight is 879 g/mol. The Hall–Kier alpha value is -5.31. The second-order valence-electron chi connectivity index (χ2n) is 17.2. The molecule has 1 aliphatic rings. The Morgan fingerprint density at radius 2 is 1.29 bits per heavy atom. The molecule has 3 rings (SSSR count). The van der Waals surface area contributed by atoms with Gasteiger partial charge in [-0.3, -0.25) is 33.6 Å². The molecule has 0 saturated heterocycles. The van der Waals surface area contributed by atoms with Crippen LogP contribution in [0.15, 0.2) is 36.4 Å². The summed E-state index contributed by atoms with van der Waals surface area (Å²) in [4.78, 5) is 94.6. The molecular weight excluding hydrogens is 809 g/mol. The fourth-order valence-corrected chi connectivity index (χ4v) is 7.98. The van der Waals surface area contributed by atoms with Crippen LogP contribution in [0.1, 0.15) is 141 Å². The summed E-state index contributed by atoms with van der Waals surface area (Å²) in [5.74, 6) is -7.29. The van der Waals surface area contributed by atoms with Gasteiger partial charge in [-0.1, -0.05) is 103 Å². The van der Waals surface area contributed by atoms with Crippen molar-refractivity contribution in [2.75, 3.05) is 27.2 Å². The predicted octanol–water partition coefficient (Wildman–Crippen LogP) is 6.00. The van der Waals surface area contributed by atoms with E-state index in [-0.39, 0.29) is 59.8 Å². The zero-order valence-corrected chi connectivity index (χ0v) is 37.8. The van der Waals surface area contributed by atoms with Crippen molar-refractivity contribution in [3.8, 4) is 22.6 Å². The molecule has 1 aliphatic carbocycles. The molecule has 348 valence electrons. The number of likely N-dealkylation sites (N-methyl/N-ethyl adjacent to an activating group) is 2. The lowest BCUT2D eigenvalue weighted by Crippen LogP contribution is -2.55. The fourth-order valence-electron chi connectivity index (χ4n) is 7.98. The topological polar surface area (TPSA) is 231 Å². The van der Waals surface area contributed by atoms with E-state index in [0.29, 0.717) is 12.0 Å². The fraction of sp³-hybridized carbons (Fsp3) is 0.604. The average Bonchev–Trinajstić information content (AvgIpc) is 3.24. The molecular formula is C48H70N4O11. The Bertz CT molecular complexity index is 1880. The number of carbonyl (C=O) groups excluding carboxylic acids is 6. The number of aliphatic hydroxyl groups is 1. The highest BCUT2D eigenvalue weighted by Gasteiger charge is 2.34. The van der Waals surface area contributed by atoms with Crippen molar-refractivity contribution in [2.45, 2.75) is 148 Å². The number of nitrogens with zero attached hydrogens (tertiary/aromatic N) is 2. The number of carboxylic acid groups (broad SMARTS) is 1. The number of carbonyl (C=O) groups is 7. The molecule has 2 aromatic carbocycles. The van der Waals surface area contributed by atoms with Gasteiger partial charge in [0.15, 0.2) is 5.78 Å². The minimum atomic E-state index is -1.33. The maximum Gasteiger partial charge on any atom is 0.307 e. The van der Waals surface area contributed by atoms with E-state index in [0.717, 1.165) is 24.2 Å². The van der Waals surface area contributed by atoms with Gasteiger partial charge < -0.3 is 40.9 Å². The van der Waals surface area contributed by atoms with E-state index in [2.05, 4.69) is 17.6 Å². The third-order valence-corrected chi connectivity index (χ3v) is 12.1. The van der Waals surface area contributed by atoms with Gasteiger partial charge in [0.1, 0.15) is 35.4 Å². The van der Waals surface area contributed by atoms with E-state index < -0.39 is 78.4 Å². The van der Waals surface area contributed by atoms with Gasteiger partial charge in [0.2, 0.25) is 23.6 Å². The first-order valence-electron chi connectivity index (χ1n) is 22.6. The number of aliphatic carboxylic acids is 1. The van der Waals surface area contributed by atoms with Gasteiger partial charge in [0.05, 0.1) is 19.1 Å². The number of aromatic hydroxyl groups is 2. The smallest absolute Gasteiger partial charge is 0.307 e. The highest BCUT2D eigenvalue weighted by atomic mass is 16.4. The minimum Gasteiger partial charge on any atom is -0.507 e. The largest absolute Gasteiger partial charge is 0.507 e. The molecule has 4 amide bonds. The van der Waals surface area contributed by atoms with Crippen LogP contribution in [-0.4, -0.2) is 111 Å². The van der Waals surface area contributed by atoms with Crippen LogP contribution < -0.4 is 10.6 Å². The van der Waals surface area contributed by atoms with E-state index >= 15 is 0 Å². The van der Waals surface area contributed by atoms with Crippen molar-refractivity contribution in [2.24, 2.45) is 11.8 Å². The number of hydrogen-bond acceptors (Lipinski definition) is 10. The molecule has 0 aliphatic heterocycles. The van der Waals surface area contributed by atoms with Crippen LogP contribution >= 0.6 is 0 Å². The lowest BCUT2D eigenvalue weighted by Gasteiger charge is -2.30. The van der Waals surface area contributed by atoms with E-state index in [1.807, 2.05) is 0 Å². The van der Waals surface area contributed by atoms with Gasteiger partial charge in [-0.05, 0) is 55.2 Å². The Morgan fingerprint density at radius 1 is 0.730 bits per heavy atom. The van der Waals surface area contributed by atoms with E-state index in [1.165, 1.54) is 127 Å². The minimum absolute atomic E-state index is 0.0400. The van der Waals surface area contributed by atoms with Crippen molar-refractivity contribution in [3.63, 3.8) is 0 Å². The van der Waals surface area contributed by atoms with Gasteiger partial charge in [0.25, 0.3) is 0 Å². The van der Waals surface area contributed by atoms with Gasteiger partial charge in [-0.2, -0.15) is 0 Å². The molecule has 0 heterocycles. The molecule has 15 heteroatoms. The molecule has 6 N–H and O–H groups in total. The number of fused-ring (bicyclic) bond motifs is 5. The van der Waals surface area contributed by atoms with Gasteiger partial charge in [0, 0.05) is 50.4 Å². The highest BCUT2D eigenvalue weighted by molar-refractivity contribution is 5.97. The zero-order valence-electron chi connectivity index (χ0n) is 37.8. The molecule has 0 spiro atoms. The van der Waals surface area contributed by atoms with Crippen molar-refractivity contribution < 1.29 is 54.0 Å². The zero-order chi connectivity index (χ0) is 46.6. The number of Topliss-reactive ketones (excluding diaryl/α,β-unsaturated/α-hetero) is 2. The lowest BCUT2D eigenvalue weighted by molar-refractivity contribution is -0.144. The Labute approximate surface area is 372 Å². The molecule has 0 unspecified atom stereocenters. The van der Waals surface area contributed by atoms with Crippen LogP contribution in [0, 0.1) is 11.8 Å². The number of benzene rings is 2. The standard InChI is InChI=1S/C48H70N4O11/c1-6-7-8-9-10-11-12-13-14-15-16-17-18-19-43(58)51(4)38(30-53)47(61)50-32(3)46(60)49-29-44(59)52(5)45-34-21-23-40(55)37(27-34)36-26-33(20-22-39(36)54)25-35(48(62)63)28-41(56)31(2)24-42(45)57/h20-23,26-27,31-32,35,38,45,53-55H,6-19,24-25,28-30H2,1-5H3,(H,49,60)(H,50,61)(H,62,63)/t31-,32+,35-,38-,45-/m0/s1. The molecule has 0 fully saturated rings. The molecule has 2 aromatic rings. The van der Waals surface area contributed by atoms with Crippen molar-refractivity contribution in [1.82, 2.24) is 20.4 Å². The normalized spacial score (nSPS) is 17.5. The number of aliphatic hydroxyl groups excluding tert-OH is 1. The number of hydrogen-bond donors (Lipinski definition) is 6. The summed E-state index contributed by atoms with van der Waals surface area (Å²) in [5, 5.41) is 46.6. The number of amides is 4. The third-order valence-electron chi connectivity index (χ3n) is 12.1. The monoisotopic (exact) mass is 879 g/mol. The van der Waals surface area contributed by atoms with E-state index in [1.54, 1.807) is 0 Å². The number of unbranched alkanes of at least 4 members (excludes halogenated alkanes) is 12. The number of phenols is 2. The molecule has 0 saturated carbocycles. The van der Waals surface area contributed by atoms with Crippen molar-refractivity contribution in [3.05, 3.63) is 47.5 Å². The number of rotatable bonds is 23. The summed E-state index contributed by atoms with van der Waals surface area (Å²) in [7, 11) is 2.76. The Morgan fingerprint density at radius 3 is 1.86 bits per heavy atom. The first-order chi connectivity index (χ1) is 30.0. The Kier molecular flexibility index (Phi) is 21.8. The quantitative estimate of drug-likeness (QED) is 0.0710. The third kappa shape index (κ3) is 16.1. The van der Waals surface area contributed by atoms with Crippen molar-refractivity contribution >= 4 is 41.2 Å². The van der Waals surface area contributed by atoms with Gasteiger partial charge >= 0.3 is 5.97 Å². The number of carboxylic acids is 1. The maximum atomic E-state index is 14.0. The summed E-state index contributed by atoms with van der Waals surface area (Å²) >= 11 is 0. The van der Waals surface area contributed by atoms with E-state index in [4.69, 9.17) is 0 Å². The second-order valence-corrected chi connectivity index (χ2v) is 17.2. The van der Waals surface area contributed by atoms with Crippen LogP contribution in [0.2, 0.25) is 0 Å². The number of nitrogens with one attached hydrogen (secondary N) is 2. The van der Waals surface area contributed by atoms with Crippen LogP contribution in [-0.2, 0) is 40.0 Å². The molecule has 4 bridgehead atoms. The van der Waals surface area contributed by atoms with Gasteiger partial charge in [-0.15, -0.1) is 0 Å². The highest BCUT2D eigenvalue weighted by Crippen LogP contribution is 2.39. The molecule has 5 atom stereocenters. The van der Waals surface area contributed by atoms with Crippen LogP contribution in [0.3, 0.4) is 0 Å². The summed E-state index contributed by atoms with van der Waals surface area (Å²) < 4.78 is 0. The molecule has 0 aromatic heterocycles. The summed E-state index contributed by atoms with van der Waals surface area (Å²) in [6, 6.07) is 4.78. The van der Waals surface area contributed by atoms with E-state index in [9.17, 15) is 54.0 Å². The molecule has 63 heavy (non-hydrogen) atoms. The lowest BCUT2D eigenvalue weighted by atomic mass is 9.85. The first-order valence-corrected chi connectivity index (χ1v) is 22.6. The summed E-state index contributed by atoms with van der Waals surface area (Å²) in [5.41, 5.74) is 0.990. The Balaban J connectivity index is 1.60. The number of ketones is 2.